The normalized spacial score (nSPS) is 13.1. The van der Waals surface area contributed by atoms with Crippen LogP contribution in [0.3, 0.4) is 0 Å². The van der Waals surface area contributed by atoms with Crippen molar-refractivity contribution in [3.63, 3.8) is 0 Å². The zero-order chi connectivity index (χ0) is 25.5. The number of rotatable bonds is 5. The fourth-order valence-electron chi connectivity index (χ4n) is 3.83. The first-order valence-electron chi connectivity index (χ1n) is 11.1. The van der Waals surface area contributed by atoms with Crippen molar-refractivity contribution in [3.05, 3.63) is 71.8 Å². The molecule has 182 valence electrons. The summed E-state index contributed by atoms with van der Waals surface area (Å²) >= 11 is 0. The molecule has 1 atom stereocenters. The van der Waals surface area contributed by atoms with E-state index in [9.17, 15) is 18.3 Å². The Morgan fingerprint density at radius 3 is 2.26 bits per heavy atom. The first-order valence-corrected chi connectivity index (χ1v) is 12.5. The third-order valence-electron chi connectivity index (χ3n) is 5.91. The molecule has 1 heterocycles. The van der Waals surface area contributed by atoms with Gasteiger partial charge in [-0.2, -0.15) is 0 Å². The van der Waals surface area contributed by atoms with Gasteiger partial charge in [0.1, 0.15) is 22.5 Å². The van der Waals surface area contributed by atoms with Gasteiger partial charge in [-0.05, 0) is 54.3 Å². The number of phenolic OH excluding ortho intramolecular Hbond substituents is 1. The minimum atomic E-state index is -3.73. The zero-order valence-corrected chi connectivity index (χ0v) is 21.0. The average Bonchev–Trinajstić information content (AvgIpc) is 3.26. The lowest BCUT2D eigenvalue weighted by Crippen LogP contribution is -2.17. The van der Waals surface area contributed by atoms with Crippen LogP contribution in [0.5, 0.6) is 5.75 Å². The number of aromatic hydroxyl groups is 1. The molecular weight excluding hydrogens is 466 g/mol. The molecule has 1 N–H and O–H groups in total. The van der Waals surface area contributed by atoms with E-state index in [1.807, 2.05) is 20.8 Å². The number of sulfone groups is 1. The van der Waals surface area contributed by atoms with E-state index < -0.39 is 27.1 Å². The highest BCUT2D eigenvalue weighted by atomic mass is 32.2. The van der Waals surface area contributed by atoms with E-state index in [1.54, 1.807) is 43.3 Å². The Bertz CT molecular complexity index is 1520. The molecule has 3 aromatic carbocycles. The first kappa shape index (κ1) is 24.4. The summed E-state index contributed by atoms with van der Waals surface area (Å²) in [5, 5.41) is 20.1. The van der Waals surface area contributed by atoms with Crippen molar-refractivity contribution in [2.24, 2.45) is 0 Å². The largest absolute Gasteiger partial charge is 0.505 e. The van der Waals surface area contributed by atoms with Crippen LogP contribution >= 0.6 is 0 Å². The number of esters is 1. The number of benzene rings is 3. The molecule has 0 bridgehead atoms. The molecule has 0 fully saturated rings. The Kier molecular flexibility index (Phi) is 6.14. The van der Waals surface area contributed by atoms with Gasteiger partial charge in [0.05, 0.1) is 22.8 Å². The quantitative estimate of drug-likeness (QED) is 0.407. The van der Waals surface area contributed by atoms with Gasteiger partial charge in [-0.15, -0.1) is 15.0 Å². The van der Waals surface area contributed by atoms with Gasteiger partial charge >= 0.3 is 5.97 Å². The summed E-state index contributed by atoms with van der Waals surface area (Å²) in [4.78, 5) is 13.8. The van der Waals surface area contributed by atoms with Gasteiger partial charge in [0.2, 0.25) is 9.84 Å². The smallest absolute Gasteiger partial charge is 0.312 e. The van der Waals surface area contributed by atoms with Crippen LogP contribution in [0.1, 0.15) is 44.7 Å². The van der Waals surface area contributed by atoms with Crippen molar-refractivity contribution in [1.82, 2.24) is 15.0 Å². The maximum atomic E-state index is 13.0. The van der Waals surface area contributed by atoms with E-state index >= 15 is 0 Å². The van der Waals surface area contributed by atoms with Crippen LogP contribution < -0.4 is 0 Å². The lowest BCUT2D eigenvalue weighted by molar-refractivity contribution is -0.142. The second-order valence-electron chi connectivity index (χ2n) is 9.39. The Morgan fingerprint density at radius 2 is 1.63 bits per heavy atom. The van der Waals surface area contributed by atoms with Gasteiger partial charge in [0.15, 0.2) is 0 Å². The van der Waals surface area contributed by atoms with Crippen LogP contribution in [0.15, 0.2) is 70.5 Å². The average molecular weight is 494 g/mol. The molecule has 0 aliphatic heterocycles. The monoisotopic (exact) mass is 493 g/mol. The van der Waals surface area contributed by atoms with Gasteiger partial charge in [0, 0.05) is 5.56 Å². The summed E-state index contributed by atoms with van der Waals surface area (Å²) in [6, 6.07) is 16.1. The SMILES string of the molecule is COC(=O)C(C)c1cc(-n2nc3ccc(S(=O)(=O)c4ccccc4)cc3n2)c(O)c(C(C)(C)C)c1. The number of carbonyl (C=O) groups excluding carboxylic acids is 1. The van der Waals surface area contributed by atoms with Crippen molar-refractivity contribution < 1.29 is 23.1 Å². The summed E-state index contributed by atoms with van der Waals surface area (Å²) in [5.74, 6) is -1.00. The molecule has 0 aliphatic rings. The predicted octanol–water partition coefficient (Wildman–Crippen LogP) is 4.53. The number of aromatic nitrogens is 3. The lowest BCUT2D eigenvalue weighted by Gasteiger charge is -2.24. The standard InChI is InChI=1S/C26H27N3O5S/c1-16(25(31)34-5)17-13-20(26(2,3)4)24(30)23(14-17)29-27-21-12-11-19(15-22(21)28-29)35(32,33)18-9-7-6-8-10-18/h6-16,30H,1-5H3. The molecule has 0 amide bonds. The minimum Gasteiger partial charge on any atom is -0.505 e. The fraction of sp³-hybridized carbons (Fsp3) is 0.269. The number of carbonyl (C=O) groups is 1. The molecular formula is C26H27N3O5S. The molecule has 4 rings (SSSR count). The molecule has 0 saturated heterocycles. The van der Waals surface area contributed by atoms with Crippen LogP contribution in [0, 0.1) is 0 Å². The van der Waals surface area contributed by atoms with Gasteiger partial charge in [-0.25, -0.2) is 8.42 Å². The molecule has 1 unspecified atom stereocenters. The number of nitrogens with zero attached hydrogens (tertiary/aromatic N) is 3. The first-order chi connectivity index (χ1) is 16.4. The molecule has 1 aromatic heterocycles. The van der Waals surface area contributed by atoms with Crippen molar-refractivity contribution in [2.45, 2.75) is 48.8 Å². The number of ether oxygens (including phenoxy) is 1. The highest BCUT2D eigenvalue weighted by Gasteiger charge is 2.27. The van der Waals surface area contributed by atoms with Crippen molar-refractivity contribution in [3.8, 4) is 11.4 Å². The fourth-order valence-corrected chi connectivity index (χ4v) is 5.13. The summed E-state index contributed by atoms with van der Waals surface area (Å²) in [6.45, 7) is 7.58. The second kappa shape index (κ2) is 8.81. The molecule has 9 heteroatoms. The van der Waals surface area contributed by atoms with Gasteiger partial charge in [-0.3, -0.25) is 4.79 Å². The van der Waals surface area contributed by atoms with E-state index in [0.717, 1.165) is 0 Å². The Morgan fingerprint density at radius 1 is 0.971 bits per heavy atom. The van der Waals surface area contributed by atoms with E-state index in [-0.39, 0.29) is 21.2 Å². The molecule has 0 radical (unpaired) electrons. The van der Waals surface area contributed by atoms with Crippen LogP contribution in [0.25, 0.3) is 16.7 Å². The maximum absolute atomic E-state index is 13.0. The maximum Gasteiger partial charge on any atom is 0.312 e. The summed E-state index contributed by atoms with van der Waals surface area (Å²) in [5.41, 5.74) is 1.92. The highest BCUT2D eigenvalue weighted by Crippen LogP contribution is 2.38. The Labute approximate surface area is 204 Å². The van der Waals surface area contributed by atoms with E-state index in [0.29, 0.717) is 22.2 Å². The minimum absolute atomic E-state index is 0.0178. The van der Waals surface area contributed by atoms with Crippen LogP contribution in [-0.2, 0) is 24.8 Å². The predicted molar refractivity (Wildman–Crippen MR) is 132 cm³/mol. The summed E-state index contributed by atoms with van der Waals surface area (Å²) in [7, 11) is -2.40. The molecule has 8 nitrogen and oxygen atoms in total. The van der Waals surface area contributed by atoms with Crippen LogP contribution in [0.4, 0.5) is 0 Å². The topological polar surface area (TPSA) is 111 Å². The van der Waals surface area contributed by atoms with Crippen molar-refractivity contribution in [2.75, 3.05) is 7.11 Å². The Hall–Kier alpha value is -3.72. The number of hydrogen-bond donors (Lipinski definition) is 1. The third kappa shape index (κ3) is 4.51. The molecule has 35 heavy (non-hydrogen) atoms. The van der Waals surface area contributed by atoms with Crippen LogP contribution in [-0.4, -0.2) is 41.6 Å². The molecule has 0 aliphatic carbocycles. The summed E-state index contributed by atoms with van der Waals surface area (Å²) < 4.78 is 31.0. The molecule has 4 aromatic rings. The van der Waals surface area contributed by atoms with Gasteiger partial charge in [-0.1, -0.05) is 45.0 Å². The van der Waals surface area contributed by atoms with E-state index in [1.165, 1.54) is 36.2 Å². The van der Waals surface area contributed by atoms with Gasteiger partial charge < -0.3 is 9.84 Å². The zero-order valence-electron chi connectivity index (χ0n) is 20.2. The van der Waals surface area contributed by atoms with E-state index in [2.05, 4.69) is 10.2 Å². The number of methoxy groups -OCH3 is 1. The summed E-state index contributed by atoms with van der Waals surface area (Å²) in [6.07, 6.45) is 0. The number of phenols is 1. The highest BCUT2D eigenvalue weighted by molar-refractivity contribution is 7.91. The second-order valence-corrected chi connectivity index (χ2v) is 11.3. The number of hydrogen-bond acceptors (Lipinski definition) is 7. The lowest BCUT2D eigenvalue weighted by atomic mass is 9.83. The Balaban J connectivity index is 1.87. The van der Waals surface area contributed by atoms with Gasteiger partial charge in [0.25, 0.3) is 0 Å². The van der Waals surface area contributed by atoms with Crippen LogP contribution in [0.2, 0.25) is 0 Å². The van der Waals surface area contributed by atoms with E-state index in [4.69, 9.17) is 4.74 Å². The third-order valence-corrected chi connectivity index (χ3v) is 7.67. The number of fused-ring (bicyclic) bond motifs is 1. The van der Waals surface area contributed by atoms with Crippen molar-refractivity contribution in [1.29, 1.82) is 0 Å². The molecule has 0 spiro atoms. The molecule has 0 saturated carbocycles. The van der Waals surface area contributed by atoms with Crippen molar-refractivity contribution >= 4 is 26.8 Å².